The lowest BCUT2D eigenvalue weighted by Crippen LogP contribution is -2.57. The van der Waals surface area contributed by atoms with Crippen molar-refractivity contribution in [2.24, 2.45) is 0 Å². The average Bonchev–Trinajstić information content (AvgIpc) is 2.65. The zero-order valence-corrected chi connectivity index (χ0v) is 15.6. The summed E-state index contributed by atoms with van der Waals surface area (Å²) in [6, 6.07) is 0.679. The molecule has 0 bridgehead atoms. The molecule has 138 valence electrons. The van der Waals surface area contributed by atoms with Crippen LogP contribution in [-0.2, 0) is 4.74 Å². The number of nitrogens with one attached hydrogen (secondary N) is 1. The van der Waals surface area contributed by atoms with E-state index in [2.05, 4.69) is 27.0 Å². The predicted molar refractivity (Wildman–Crippen MR) is 99.1 cm³/mol. The maximum Gasteiger partial charge on any atom is 0.150 e. The molecule has 0 saturated carbocycles. The largest absolute Gasteiger partial charge is 0.375 e. The maximum atomic E-state index is 6.25. The minimum atomic E-state index is 0.143. The Morgan fingerprint density at radius 2 is 1.92 bits per heavy atom. The average molecular weight is 345 g/mol. The molecule has 1 spiro atoms. The minimum absolute atomic E-state index is 0.143. The van der Waals surface area contributed by atoms with E-state index in [0.29, 0.717) is 6.04 Å². The van der Waals surface area contributed by atoms with Crippen LogP contribution in [0.3, 0.4) is 0 Å². The maximum absolute atomic E-state index is 6.25. The van der Waals surface area contributed by atoms with Crippen LogP contribution in [0.5, 0.6) is 0 Å². The number of piperidine rings is 1. The van der Waals surface area contributed by atoms with Gasteiger partial charge in [0, 0.05) is 45.0 Å². The van der Waals surface area contributed by atoms with Gasteiger partial charge in [0.1, 0.15) is 5.82 Å². The van der Waals surface area contributed by atoms with E-state index in [0.717, 1.165) is 63.1 Å². The molecule has 3 saturated heterocycles. The van der Waals surface area contributed by atoms with Crippen LogP contribution < -0.4 is 10.2 Å². The van der Waals surface area contributed by atoms with Crippen LogP contribution in [-0.4, -0.2) is 72.4 Å². The van der Waals surface area contributed by atoms with Crippen molar-refractivity contribution in [3.8, 4) is 0 Å². The number of rotatable bonds is 2. The minimum Gasteiger partial charge on any atom is -0.375 e. The highest BCUT2D eigenvalue weighted by Crippen LogP contribution is 2.35. The molecule has 1 unspecified atom stereocenters. The smallest absolute Gasteiger partial charge is 0.150 e. The van der Waals surface area contributed by atoms with E-state index in [1.165, 1.54) is 25.7 Å². The van der Waals surface area contributed by atoms with Crippen molar-refractivity contribution >= 4 is 5.82 Å². The molecule has 6 nitrogen and oxygen atoms in total. The molecule has 0 aromatic carbocycles. The number of anilines is 1. The van der Waals surface area contributed by atoms with Crippen molar-refractivity contribution in [3.05, 3.63) is 17.6 Å². The van der Waals surface area contributed by atoms with Crippen molar-refractivity contribution in [2.45, 2.75) is 51.2 Å². The summed E-state index contributed by atoms with van der Waals surface area (Å²) in [5.74, 6) is 1.07. The third kappa shape index (κ3) is 3.66. The lowest BCUT2D eigenvalue weighted by molar-refractivity contribution is -0.121. The summed E-state index contributed by atoms with van der Waals surface area (Å²) in [7, 11) is 0. The molecule has 3 aliphatic rings. The summed E-state index contributed by atoms with van der Waals surface area (Å²) in [6.45, 7) is 11.5. The first-order chi connectivity index (χ1) is 12.2. The van der Waals surface area contributed by atoms with E-state index in [-0.39, 0.29) is 5.60 Å². The quantitative estimate of drug-likeness (QED) is 0.877. The fourth-order valence-corrected chi connectivity index (χ4v) is 4.67. The summed E-state index contributed by atoms with van der Waals surface area (Å²) in [4.78, 5) is 14.3. The Bertz CT molecular complexity index is 588. The molecule has 3 aliphatic heterocycles. The van der Waals surface area contributed by atoms with Crippen LogP contribution in [0.1, 0.15) is 37.1 Å². The van der Waals surface area contributed by atoms with E-state index in [4.69, 9.17) is 9.72 Å². The van der Waals surface area contributed by atoms with Crippen molar-refractivity contribution in [2.75, 3.05) is 50.8 Å². The second kappa shape index (κ2) is 7.17. The second-order valence-electron chi connectivity index (χ2n) is 7.87. The van der Waals surface area contributed by atoms with Gasteiger partial charge in [0.15, 0.2) is 0 Å². The van der Waals surface area contributed by atoms with Crippen LogP contribution in [0, 0.1) is 13.8 Å². The zero-order valence-electron chi connectivity index (χ0n) is 15.6. The predicted octanol–water partition coefficient (Wildman–Crippen LogP) is 1.52. The van der Waals surface area contributed by atoms with Crippen molar-refractivity contribution in [1.82, 2.24) is 20.2 Å². The van der Waals surface area contributed by atoms with Crippen LogP contribution in [0.2, 0.25) is 0 Å². The van der Waals surface area contributed by atoms with Gasteiger partial charge in [-0.05, 0) is 52.6 Å². The second-order valence-corrected chi connectivity index (χ2v) is 7.87. The molecule has 25 heavy (non-hydrogen) atoms. The van der Waals surface area contributed by atoms with E-state index < -0.39 is 0 Å². The van der Waals surface area contributed by atoms with Gasteiger partial charge in [-0.25, -0.2) is 4.98 Å². The van der Waals surface area contributed by atoms with E-state index in [9.17, 15) is 0 Å². The number of piperazine rings is 1. The van der Waals surface area contributed by atoms with E-state index in [1.54, 1.807) is 0 Å². The Hall–Kier alpha value is -1.24. The van der Waals surface area contributed by atoms with Gasteiger partial charge in [0.2, 0.25) is 0 Å². The summed E-state index contributed by atoms with van der Waals surface area (Å²) in [5.41, 5.74) is 2.18. The van der Waals surface area contributed by atoms with Crippen molar-refractivity contribution < 1.29 is 4.74 Å². The highest BCUT2D eigenvalue weighted by molar-refractivity contribution is 5.43. The van der Waals surface area contributed by atoms with Crippen molar-refractivity contribution in [1.29, 1.82) is 0 Å². The highest BCUT2D eigenvalue weighted by Gasteiger charge is 2.40. The first kappa shape index (κ1) is 17.2. The summed E-state index contributed by atoms with van der Waals surface area (Å²) in [5, 5.41) is 3.47. The Morgan fingerprint density at radius 1 is 1.16 bits per heavy atom. The molecule has 6 heteroatoms. The van der Waals surface area contributed by atoms with Gasteiger partial charge in [-0.2, -0.15) is 0 Å². The molecule has 1 aromatic rings. The molecule has 0 aliphatic carbocycles. The normalized spacial score (nSPS) is 27.6. The molecule has 3 fully saturated rings. The highest BCUT2D eigenvalue weighted by atomic mass is 16.5. The lowest BCUT2D eigenvalue weighted by Gasteiger charge is -2.48. The number of aryl methyl sites for hydroxylation is 2. The fraction of sp³-hybridized carbons (Fsp3) is 0.789. The van der Waals surface area contributed by atoms with Gasteiger partial charge in [-0.3, -0.25) is 9.88 Å². The summed E-state index contributed by atoms with van der Waals surface area (Å²) < 4.78 is 6.25. The van der Waals surface area contributed by atoms with Crippen LogP contribution in [0.4, 0.5) is 5.82 Å². The molecular weight excluding hydrogens is 314 g/mol. The van der Waals surface area contributed by atoms with Gasteiger partial charge in [0.05, 0.1) is 17.0 Å². The number of hydrogen-bond donors (Lipinski definition) is 1. The molecule has 4 heterocycles. The van der Waals surface area contributed by atoms with Gasteiger partial charge < -0.3 is 15.0 Å². The third-order valence-corrected chi connectivity index (χ3v) is 6.16. The van der Waals surface area contributed by atoms with Crippen LogP contribution in [0.15, 0.2) is 6.20 Å². The molecular formula is C19H31N5O. The first-order valence-electron chi connectivity index (χ1n) is 9.79. The summed E-state index contributed by atoms with van der Waals surface area (Å²) >= 11 is 0. The van der Waals surface area contributed by atoms with Gasteiger partial charge in [-0.15, -0.1) is 0 Å². The fourth-order valence-electron chi connectivity index (χ4n) is 4.67. The summed E-state index contributed by atoms with van der Waals surface area (Å²) in [6.07, 6.45) is 6.58. The van der Waals surface area contributed by atoms with Gasteiger partial charge in [0.25, 0.3) is 0 Å². The molecule has 1 atom stereocenters. The molecule has 1 aromatic heterocycles. The number of ether oxygens (including phenoxy) is 1. The number of nitrogens with zero attached hydrogens (tertiary/aromatic N) is 4. The standard InChI is InChI=1S/C19H31N5O/c1-15-14-21-16(2)18(22-15)24-10-8-23(9-11-24)17-3-12-25-19(13-17)4-6-20-7-5-19/h14,17,20H,3-13H2,1-2H3. The Labute approximate surface area is 151 Å². The first-order valence-corrected chi connectivity index (χ1v) is 9.79. The molecule has 1 N–H and O–H groups in total. The van der Waals surface area contributed by atoms with Crippen LogP contribution in [0.25, 0.3) is 0 Å². The monoisotopic (exact) mass is 345 g/mol. The zero-order chi connectivity index (χ0) is 17.3. The van der Waals surface area contributed by atoms with Gasteiger partial charge >= 0.3 is 0 Å². The Kier molecular flexibility index (Phi) is 4.93. The molecule has 0 radical (unpaired) electrons. The SMILES string of the molecule is Cc1cnc(C)c(N2CCN(C3CCOC4(CCNCC4)C3)CC2)n1. The Morgan fingerprint density at radius 3 is 2.68 bits per heavy atom. The van der Waals surface area contributed by atoms with Crippen molar-refractivity contribution in [3.63, 3.8) is 0 Å². The number of hydrogen-bond acceptors (Lipinski definition) is 6. The van der Waals surface area contributed by atoms with E-state index >= 15 is 0 Å². The van der Waals surface area contributed by atoms with Crippen LogP contribution >= 0.6 is 0 Å². The number of aromatic nitrogens is 2. The van der Waals surface area contributed by atoms with E-state index in [1.807, 2.05) is 13.1 Å². The molecule has 4 rings (SSSR count). The van der Waals surface area contributed by atoms with Gasteiger partial charge in [-0.1, -0.05) is 0 Å². The Balaban J connectivity index is 1.37. The molecule has 0 amide bonds. The lowest BCUT2D eigenvalue weighted by atomic mass is 9.82. The topological polar surface area (TPSA) is 53.5 Å². The third-order valence-electron chi connectivity index (χ3n) is 6.16.